The highest BCUT2D eigenvalue weighted by atomic mass is 32.2. The summed E-state index contributed by atoms with van der Waals surface area (Å²) < 4.78 is 59.0. The first kappa shape index (κ1) is 20.2. The van der Waals surface area contributed by atoms with E-state index in [1.54, 1.807) is 43.3 Å². The summed E-state index contributed by atoms with van der Waals surface area (Å²) in [6, 6.07) is 11.5. The van der Waals surface area contributed by atoms with Gasteiger partial charge in [-0.2, -0.15) is 0 Å². The van der Waals surface area contributed by atoms with Gasteiger partial charge in [-0.25, -0.2) is 21.6 Å². The zero-order valence-electron chi connectivity index (χ0n) is 14.8. The molecular weight excluding hydrogens is 376 g/mol. The van der Waals surface area contributed by atoms with Gasteiger partial charge in [0.15, 0.2) is 0 Å². The van der Waals surface area contributed by atoms with E-state index < -0.39 is 25.8 Å². The number of para-hydroxylation sites is 1. The summed E-state index contributed by atoms with van der Waals surface area (Å²) in [5.74, 6) is -0.181. The van der Waals surface area contributed by atoms with E-state index in [4.69, 9.17) is 4.74 Å². The fraction of sp³-hybridized carbons (Fsp3) is 0.294. The lowest BCUT2D eigenvalue weighted by atomic mass is 10.1. The number of benzene rings is 2. The van der Waals surface area contributed by atoms with Crippen LogP contribution in [-0.2, 0) is 20.0 Å². The van der Waals surface area contributed by atoms with Crippen LogP contribution in [0.4, 0.5) is 5.69 Å². The highest BCUT2D eigenvalue weighted by Crippen LogP contribution is 2.27. The number of sulfonamides is 2. The predicted octanol–water partition coefficient (Wildman–Crippen LogP) is 2.03. The van der Waals surface area contributed by atoms with Crippen LogP contribution < -0.4 is 14.2 Å². The molecule has 9 heteroatoms. The van der Waals surface area contributed by atoms with E-state index in [9.17, 15) is 16.8 Å². The van der Waals surface area contributed by atoms with Crippen molar-refractivity contribution in [2.45, 2.75) is 18.7 Å². The van der Waals surface area contributed by atoms with Crippen LogP contribution in [0.15, 0.2) is 47.4 Å². The molecular formula is C17H22N2O5S2. The summed E-state index contributed by atoms with van der Waals surface area (Å²) in [5, 5.41) is 0. The molecule has 0 aliphatic carbocycles. The minimum atomic E-state index is -3.90. The normalized spacial score (nSPS) is 12.0. The second kappa shape index (κ2) is 8.07. The van der Waals surface area contributed by atoms with Crippen LogP contribution in [0, 0.1) is 13.8 Å². The third-order valence-corrected chi connectivity index (χ3v) is 6.55. The number of aryl methyl sites for hydroxylation is 2. The molecule has 0 bridgehead atoms. The minimum absolute atomic E-state index is 0.0171. The molecule has 0 heterocycles. The Labute approximate surface area is 154 Å². The molecule has 26 heavy (non-hydrogen) atoms. The number of methoxy groups -OCH3 is 1. The van der Waals surface area contributed by atoms with E-state index in [0.717, 1.165) is 11.1 Å². The SMILES string of the molecule is COc1cc(C)c(C)cc1S(=O)(=O)NCCS(=O)(=O)Nc1ccccc1. The van der Waals surface area contributed by atoms with Crippen LogP contribution in [0.2, 0.25) is 0 Å². The van der Waals surface area contributed by atoms with E-state index in [0.29, 0.717) is 5.69 Å². The predicted molar refractivity (Wildman–Crippen MR) is 102 cm³/mol. The van der Waals surface area contributed by atoms with Gasteiger partial charge in [0.1, 0.15) is 10.6 Å². The largest absolute Gasteiger partial charge is 0.495 e. The summed E-state index contributed by atoms with van der Waals surface area (Å²) in [4.78, 5) is -0.0171. The van der Waals surface area contributed by atoms with Crippen LogP contribution in [0.25, 0.3) is 0 Å². The van der Waals surface area contributed by atoms with Gasteiger partial charge < -0.3 is 4.74 Å². The molecule has 2 rings (SSSR count). The molecule has 0 atom stereocenters. The molecule has 0 fully saturated rings. The third-order valence-electron chi connectivity index (χ3n) is 3.78. The van der Waals surface area contributed by atoms with Gasteiger partial charge in [0.25, 0.3) is 0 Å². The molecule has 2 N–H and O–H groups in total. The Kier molecular flexibility index (Phi) is 6.27. The second-order valence-electron chi connectivity index (χ2n) is 5.77. The number of hydrogen-bond donors (Lipinski definition) is 2. The van der Waals surface area contributed by atoms with E-state index in [2.05, 4.69) is 9.44 Å². The quantitative estimate of drug-likeness (QED) is 0.708. The molecule has 0 aliphatic rings. The Morgan fingerprint density at radius 2 is 1.58 bits per heavy atom. The zero-order valence-corrected chi connectivity index (χ0v) is 16.4. The molecule has 2 aromatic carbocycles. The van der Waals surface area contributed by atoms with Gasteiger partial charge in [-0.1, -0.05) is 18.2 Å². The monoisotopic (exact) mass is 398 g/mol. The topological polar surface area (TPSA) is 102 Å². The number of nitrogens with one attached hydrogen (secondary N) is 2. The van der Waals surface area contributed by atoms with Crippen molar-refractivity contribution in [1.82, 2.24) is 4.72 Å². The van der Waals surface area contributed by atoms with Crippen LogP contribution in [0.5, 0.6) is 5.75 Å². The lowest BCUT2D eigenvalue weighted by Gasteiger charge is -2.13. The molecule has 0 saturated heterocycles. The standard InChI is InChI=1S/C17H22N2O5S2/c1-13-11-16(24-3)17(12-14(13)2)26(22,23)18-9-10-25(20,21)19-15-7-5-4-6-8-15/h4-8,11-12,18-19H,9-10H2,1-3H3. The average molecular weight is 399 g/mol. The minimum Gasteiger partial charge on any atom is -0.495 e. The summed E-state index contributed by atoms with van der Waals surface area (Å²) in [5.41, 5.74) is 2.12. The average Bonchev–Trinajstić information content (AvgIpc) is 2.56. The number of ether oxygens (including phenoxy) is 1. The Morgan fingerprint density at radius 3 is 2.19 bits per heavy atom. The van der Waals surface area contributed by atoms with Crippen molar-refractivity contribution >= 4 is 25.7 Å². The van der Waals surface area contributed by atoms with E-state index in [1.165, 1.54) is 13.2 Å². The molecule has 7 nitrogen and oxygen atoms in total. The first-order valence-corrected chi connectivity index (χ1v) is 11.0. The van der Waals surface area contributed by atoms with E-state index in [1.807, 2.05) is 6.92 Å². The molecule has 0 aromatic heterocycles. The van der Waals surface area contributed by atoms with Gasteiger partial charge in [0.2, 0.25) is 20.0 Å². The van der Waals surface area contributed by atoms with E-state index in [-0.39, 0.29) is 17.2 Å². The fourth-order valence-corrected chi connectivity index (χ4v) is 4.62. The lowest BCUT2D eigenvalue weighted by molar-refractivity contribution is 0.402. The Hall–Kier alpha value is -2.10. The molecule has 0 radical (unpaired) electrons. The summed E-state index contributed by atoms with van der Waals surface area (Å²) in [6.07, 6.45) is 0. The van der Waals surface area contributed by atoms with Gasteiger partial charge in [0, 0.05) is 12.2 Å². The third kappa shape index (κ3) is 5.20. The van der Waals surface area contributed by atoms with Crippen LogP contribution in [-0.4, -0.2) is 36.2 Å². The first-order chi connectivity index (χ1) is 12.1. The van der Waals surface area contributed by atoms with Crippen molar-refractivity contribution in [2.24, 2.45) is 0 Å². The maximum absolute atomic E-state index is 12.5. The van der Waals surface area contributed by atoms with Crippen molar-refractivity contribution in [3.63, 3.8) is 0 Å². The van der Waals surface area contributed by atoms with Gasteiger partial charge in [-0.15, -0.1) is 0 Å². The van der Waals surface area contributed by atoms with Gasteiger partial charge in [-0.3, -0.25) is 4.72 Å². The van der Waals surface area contributed by atoms with Crippen molar-refractivity contribution in [3.05, 3.63) is 53.6 Å². The summed E-state index contributed by atoms with van der Waals surface area (Å²) in [7, 11) is -6.20. The Balaban J connectivity index is 2.08. The van der Waals surface area contributed by atoms with E-state index >= 15 is 0 Å². The van der Waals surface area contributed by atoms with Crippen molar-refractivity contribution in [3.8, 4) is 5.75 Å². The van der Waals surface area contributed by atoms with Gasteiger partial charge in [-0.05, 0) is 49.2 Å². The highest BCUT2D eigenvalue weighted by Gasteiger charge is 2.21. The molecule has 0 saturated carbocycles. The van der Waals surface area contributed by atoms with Crippen LogP contribution in [0.1, 0.15) is 11.1 Å². The molecule has 0 spiro atoms. The molecule has 0 aliphatic heterocycles. The van der Waals surface area contributed by atoms with Crippen molar-refractivity contribution < 1.29 is 21.6 Å². The van der Waals surface area contributed by atoms with Crippen LogP contribution in [0.3, 0.4) is 0 Å². The van der Waals surface area contributed by atoms with Gasteiger partial charge in [0.05, 0.1) is 12.9 Å². The number of anilines is 1. The Bertz CT molecular complexity index is 972. The Morgan fingerprint density at radius 1 is 0.962 bits per heavy atom. The van der Waals surface area contributed by atoms with Crippen LogP contribution >= 0.6 is 0 Å². The molecule has 2 aromatic rings. The van der Waals surface area contributed by atoms with Crippen molar-refractivity contribution in [2.75, 3.05) is 24.1 Å². The summed E-state index contributed by atoms with van der Waals surface area (Å²) >= 11 is 0. The smallest absolute Gasteiger partial charge is 0.244 e. The molecule has 0 amide bonds. The molecule has 0 unspecified atom stereocenters. The fourth-order valence-electron chi connectivity index (χ4n) is 2.26. The lowest BCUT2D eigenvalue weighted by Crippen LogP contribution is -2.31. The highest BCUT2D eigenvalue weighted by molar-refractivity contribution is 7.92. The maximum Gasteiger partial charge on any atom is 0.244 e. The summed E-state index contributed by atoms with van der Waals surface area (Å²) in [6.45, 7) is 3.38. The van der Waals surface area contributed by atoms with Gasteiger partial charge >= 0.3 is 0 Å². The van der Waals surface area contributed by atoms with Crippen molar-refractivity contribution in [1.29, 1.82) is 0 Å². The number of rotatable bonds is 8. The maximum atomic E-state index is 12.5. The number of hydrogen-bond acceptors (Lipinski definition) is 5. The zero-order chi connectivity index (χ0) is 19.4. The molecule has 142 valence electrons. The first-order valence-electron chi connectivity index (χ1n) is 7.85. The second-order valence-corrected chi connectivity index (χ2v) is 9.35.